The Morgan fingerprint density at radius 3 is 2.76 bits per heavy atom. The molecule has 0 aromatic carbocycles. The molecule has 0 radical (unpaired) electrons. The molecule has 138 valence electrons. The molecule has 7 nitrogen and oxygen atoms in total. The van der Waals surface area contributed by atoms with E-state index < -0.39 is 12.2 Å². The highest BCUT2D eigenvalue weighted by Crippen LogP contribution is 2.22. The number of likely N-dealkylation sites (N-methyl/N-ethyl adjacent to an activating group) is 1. The molecule has 0 bridgehead atoms. The minimum atomic E-state index is -0.838. The Morgan fingerprint density at radius 2 is 2.08 bits per heavy atom. The first kappa shape index (κ1) is 18.1. The van der Waals surface area contributed by atoms with Crippen LogP contribution in [0.2, 0.25) is 0 Å². The molecule has 0 saturated carbocycles. The highest BCUT2D eigenvalue weighted by molar-refractivity contribution is 5.91. The normalized spacial score (nSPS) is 28.8. The SMILES string of the molecule is CN(C1CCN(C(=O)/C=C/c2ccco2)CC1)[C@@H]1COC[C@@H](O)[C@H]1O. The molecule has 7 heteroatoms. The van der Waals surface area contributed by atoms with Gasteiger partial charge in [-0.25, -0.2) is 0 Å². The van der Waals surface area contributed by atoms with E-state index in [-0.39, 0.29) is 24.6 Å². The van der Waals surface area contributed by atoms with Crippen molar-refractivity contribution in [2.24, 2.45) is 0 Å². The van der Waals surface area contributed by atoms with Gasteiger partial charge in [-0.1, -0.05) is 0 Å². The first-order valence-corrected chi connectivity index (χ1v) is 8.72. The van der Waals surface area contributed by atoms with Gasteiger partial charge in [0.05, 0.1) is 31.6 Å². The molecule has 1 amide bonds. The monoisotopic (exact) mass is 350 g/mol. The Balaban J connectivity index is 1.50. The topological polar surface area (TPSA) is 86.4 Å². The molecule has 2 fully saturated rings. The van der Waals surface area contributed by atoms with E-state index in [0.717, 1.165) is 12.8 Å². The number of aliphatic hydroxyl groups excluding tert-OH is 2. The number of piperidine rings is 1. The summed E-state index contributed by atoms with van der Waals surface area (Å²) in [5, 5.41) is 20.0. The summed E-state index contributed by atoms with van der Waals surface area (Å²) in [6.45, 7) is 1.94. The number of hydrogen-bond donors (Lipinski definition) is 2. The second-order valence-corrected chi connectivity index (χ2v) is 6.73. The Morgan fingerprint density at radius 1 is 1.32 bits per heavy atom. The minimum absolute atomic E-state index is 0.0195. The second kappa shape index (κ2) is 8.14. The smallest absolute Gasteiger partial charge is 0.246 e. The van der Waals surface area contributed by atoms with Crippen molar-refractivity contribution in [2.45, 2.75) is 37.1 Å². The van der Waals surface area contributed by atoms with Crippen LogP contribution >= 0.6 is 0 Å². The second-order valence-electron chi connectivity index (χ2n) is 6.73. The van der Waals surface area contributed by atoms with Crippen LogP contribution in [0, 0.1) is 0 Å². The number of hydrogen-bond acceptors (Lipinski definition) is 6. The molecule has 2 saturated heterocycles. The van der Waals surface area contributed by atoms with Crippen LogP contribution in [0.15, 0.2) is 28.9 Å². The van der Waals surface area contributed by atoms with E-state index in [0.29, 0.717) is 25.5 Å². The van der Waals surface area contributed by atoms with Gasteiger partial charge < -0.3 is 24.3 Å². The lowest BCUT2D eigenvalue weighted by Crippen LogP contribution is -2.58. The van der Waals surface area contributed by atoms with Crippen molar-refractivity contribution in [3.63, 3.8) is 0 Å². The largest absolute Gasteiger partial charge is 0.465 e. The zero-order chi connectivity index (χ0) is 17.8. The lowest BCUT2D eigenvalue weighted by atomic mass is 9.97. The molecule has 3 atom stereocenters. The van der Waals surface area contributed by atoms with E-state index >= 15 is 0 Å². The van der Waals surface area contributed by atoms with Gasteiger partial charge in [-0.05, 0) is 38.1 Å². The number of aliphatic hydroxyl groups is 2. The van der Waals surface area contributed by atoms with Crippen LogP contribution in [-0.4, -0.2) is 83.6 Å². The highest BCUT2D eigenvalue weighted by atomic mass is 16.5. The maximum Gasteiger partial charge on any atom is 0.246 e. The van der Waals surface area contributed by atoms with Crippen LogP contribution in [-0.2, 0) is 9.53 Å². The van der Waals surface area contributed by atoms with E-state index in [1.54, 1.807) is 24.5 Å². The Labute approximate surface area is 147 Å². The quantitative estimate of drug-likeness (QED) is 0.762. The number of nitrogens with zero attached hydrogens (tertiary/aromatic N) is 2. The lowest BCUT2D eigenvalue weighted by molar-refractivity contribution is -0.139. The van der Waals surface area contributed by atoms with E-state index in [4.69, 9.17) is 9.15 Å². The van der Waals surface area contributed by atoms with Gasteiger partial charge in [0.1, 0.15) is 11.9 Å². The Kier molecular flexibility index (Phi) is 5.90. The van der Waals surface area contributed by atoms with Crippen molar-refractivity contribution in [2.75, 3.05) is 33.4 Å². The van der Waals surface area contributed by atoms with Gasteiger partial charge in [0.15, 0.2) is 0 Å². The van der Waals surface area contributed by atoms with Gasteiger partial charge in [-0.2, -0.15) is 0 Å². The predicted octanol–water partition coefficient (Wildman–Crippen LogP) is 0.336. The lowest BCUT2D eigenvalue weighted by Gasteiger charge is -2.44. The fourth-order valence-electron chi connectivity index (χ4n) is 3.53. The van der Waals surface area contributed by atoms with Crippen LogP contribution in [0.5, 0.6) is 0 Å². The van der Waals surface area contributed by atoms with Gasteiger partial charge in [-0.15, -0.1) is 0 Å². The number of carbonyl (C=O) groups excluding carboxylic acids is 1. The van der Waals surface area contributed by atoms with Gasteiger partial charge in [0.2, 0.25) is 5.91 Å². The highest BCUT2D eigenvalue weighted by Gasteiger charge is 2.37. The van der Waals surface area contributed by atoms with Gasteiger partial charge in [0.25, 0.3) is 0 Å². The first-order chi connectivity index (χ1) is 12.1. The summed E-state index contributed by atoms with van der Waals surface area (Å²) < 4.78 is 10.6. The average molecular weight is 350 g/mol. The van der Waals surface area contributed by atoms with Crippen molar-refractivity contribution in [3.05, 3.63) is 30.2 Å². The Bertz CT molecular complexity index is 580. The van der Waals surface area contributed by atoms with Gasteiger partial charge in [-0.3, -0.25) is 9.69 Å². The predicted molar refractivity (Wildman–Crippen MR) is 91.7 cm³/mol. The van der Waals surface area contributed by atoms with Crippen LogP contribution in [0.1, 0.15) is 18.6 Å². The molecular formula is C18H26N2O5. The van der Waals surface area contributed by atoms with E-state index in [1.165, 1.54) is 6.08 Å². The van der Waals surface area contributed by atoms with E-state index in [1.807, 2.05) is 11.9 Å². The van der Waals surface area contributed by atoms with E-state index in [2.05, 4.69) is 4.90 Å². The minimum Gasteiger partial charge on any atom is -0.465 e. The summed E-state index contributed by atoms with van der Waals surface area (Å²) in [7, 11) is 1.95. The van der Waals surface area contributed by atoms with Crippen molar-refractivity contribution in [1.29, 1.82) is 0 Å². The van der Waals surface area contributed by atoms with Crippen LogP contribution < -0.4 is 0 Å². The van der Waals surface area contributed by atoms with Crippen molar-refractivity contribution in [1.82, 2.24) is 9.80 Å². The molecule has 1 aromatic rings. The molecule has 2 aliphatic rings. The molecule has 3 heterocycles. The number of amides is 1. The number of carbonyl (C=O) groups is 1. The Hall–Kier alpha value is -1.67. The number of ether oxygens (including phenoxy) is 1. The third-order valence-corrected chi connectivity index (χ3v) is 5.17. The molecule has 1 aromatic heterocycles. The summed E-state index contributed by atoms with van der Waals surface area (Å²) in [6.07, 6.45) is 4.82. The molecule has 0 unspecified atom stereocenters. The van der Waals surface area contributed by atoms with Crippen molar-refractivity contribution in [3.8, 4) is 0 Å². The molecule has 3 rings (SSSR count). The third kappa shape index (κ3) is 4.30. The van der Waals surface area contributed by atoms with E-state index in [9.17, 15) is 15.0 Å². The fourth-order valence-corrected chi connectivity index (χ4v) is 3.53. The number of likely N-dealkylation sites (tertiary alicyclic amines) is 1. The van der Waals surface area contributed by atoms with Gasteiger partial charge >= 0.3 is 0 Å². The maximum absolute atomic E-state index is 12.3. The molecule has 2 N–H and O–H groups in total. The molecule has 0 aliphatic carbocycles. The number of furan rings is 1. The summed E-state index contributed by atoms with van der Waals surface area (Å²) in [5.41, 5.74) is 0. The van der Waals surface area contributed by atoms with Crippen LogP contribution in [0.25, 0.3) is 6.08 Å². The summed E-state index contributed by atoms with van der Waals surface area (Å²) in [4.78, 5) is 16.2. The van der Waals surface area contributed by atoms with Crippen LogP contribution in [0.4, 0.5) is 0 Å². The molecule has 2 aliphatic heterocycles. The van der Waals surface area contributed by atoms with Crippen molar-refractivity contribution >= 4 is 12.0 Å². The summed E-state index contributed by atoms with van der Waals surface area (Å²) in [5.74, 6) is 0.641. The summed E-state index contributed by atoms with van der Waals surface area (Å²) >= 11 is 0. The molecule has 25 heavy (non-hydrogen) atoms. The fraction of sp³-hybridized carbons (Fsp3) is 0.611. The standard InChI is InChI=1S/C18H26N2O5/c1-19(15-11-24-12-16(21)18(15)23)13-6-8-20(9-7-13)17(22)5-4-14-3-2-10-25-14/h2-5,10,13,15-16,18,21,23H,6-9,11-12H2,1H3/b5-4+/t15-,16-,18+/m1/s1. The molecule has 0 spiro atoms. The number of rotatable bonds is 4. The van der Waals surface area contributed by atoms with Crippen molar-refractivity contribution < 1.29 is 24.2 Å². The zero-order valence-electron chi connectivity index (χ0n) is 14.5. The maximum atomic E-state index is 12.3. The zero-order valence-corrected chi connectivity index (χ0v) is 14.5. The molecular weight excluding hydrogens is 324 g/mol. The third-order valence-electron chi connectivity index (χ3n) is 5.17. The van der Waals surface area contributed by atoms with Crippen LogP contribution in [0.3, 0.4) is 0 Å². The first-order valence-electron chi connectivity index (χ1n) is 8.72. The summed E-state index contributed by atoms with van der Waals surface area (Å²) in [6, 6.07) is 3.63. The average Bonchev–Trinajstić information content (AvgIpc) is 3.15. The van der Waals surface area contributed by atoms with Gasteiger partial charge in [0, 0.05) is 25.2 Å².